The van der Waals surface area contributed by atoms with Crippen LogP contribution in [0.3, 0.4) is 0 Å². The zero-order valence-electron chi connectivity index (χ0n) is 13.1. The van der Waals surface area contributed by atoms with Crippen LogP contribution >= 0.6 is 11.8 Å². The monoisotopic (exact) mass is 363 g/mol. The van der Waals surface area contributed by atoms with E-state index < -0.39 is 22.9 Å². The predicted molar refractivity (Wildman–Crippen MR) is 86.3 cm³/mol. The number of nitrogens with zero attached hydrogens (tertiary/aromatic N) is 1. The molecule has 5 nitrogen and oxygen atoms in total. The Hall–Kier alpha value is -1.38. The maximum absolute atomic E-state index is 13.4. The number of aromatic amines is 1. The van der Waals surface area contributed by atoms with E-state index in [1.165, 1.54) is 4.68 Å². The second-order valence-electron chi connectivity index (χ2n) is 6.35. The molecule has 2 heterocycles. The minimum Gasteiger partial charge on any atom is -0.310 e. The molecule has 1 fully saturated rings. The van der Waals surface area contributed by atoms with Crippen molar-refractivity contribution in [1.82, 2.24) is 9.78 Å². The Labute approximate surface area is 141 Å². The van der Waals surface area contributed by atoms with Crippen LogP contribution in [0.2, 0.25) is 0 Å². The Morgan fingerprint density at radius 1 is 1.04 bits per heavy atom. The molecule has 2 aliphatic rings. The summed E-state index contributed by atoms with van der Waals surface area (Å²) in [5, 5.41) is 3.09. The number of H-pyrrole nitrogens is 1. The molecular weight excluding hydrogens is 343 g/mol. The number of carbonyl (C=O) groups excluding carboxylic acids is 1. The molecule has 0 aromatic carbocycles. The summed E-state index contributed by atoms with van der Waals surface area (Å²) in [6.45, 7) is 0. The molecule has 1 aliphatic carbocycles. The lowest BCUT2D eigenvalue weighted by molar-refractivity contribution is -0.129. The molecular formula is C15H20F3N3O2S. The van der Waals surface area contributed by atoms with Crippen LogP contribution in [0.4, 0.5) is 19.0 Å². The van der Waals surface area contributed by atoms with E-state index in [-0.39, 0.29) is 23.2 Å². The van der Waals surface area contributed by atoms with Crippen LogP contribution in [0, 0.1) is 0 Å². The van der Waals surface area contributed by atoms with Gasteiger partial charge in [0.2, 0.25) is 5.91 Å². The van der Waals surface area contributed by atoms with E-state index in [2.05, 4.69) is 10.4 Å². The van der Waals surface area contributed by atoms with Crippen molar-refractivity contribution in [2.24, 2.45) is 0 Å². The van der Waals surface area contributed by atoms with Crippen molar-refractivity contribution in [1.29, 1.82) is 0 Å². The predicted octanol–water partition coefficient (Wildman–Crippen LogP) is 3.75. The maximum Gasteiger partial charge on any atom is 0.404 e. The lowest BCUT2D eigenvalue weighted by atomic mass is 9.97. The van der Waals surface area contributed by atoms with E-state index in [4.69, 9.17) is 0 Å². The number of fused-ring (bicyclic) bond motifs is 1. The molecule has 1 atom stereocenters. The number of halogens is 3. The van der Waals surface area contributed by atoms with E-state index in [0.29, 0.717) is 11.8 Å². The number of hydrogen-bond acceptors (Lipinski definition) is 3. The van der Waals surface area contributed by atoms with Gasteiger partial charge in [-0.3, -0.25) is 19.4 Å². The number of carbonyl (C=O) groups is 1. The zero-order valence-corrected chi connectivity index (χ0v) is 13.9. The Morgan fingerprint density at radius 2 is 1.67 bits per heavy atom. The molecule has 1 aliphatic heterocycles. The number of aromatic nitrogens is 2. The average Bonchev–Trinajstić information content (AvgIpc) is 2.65. The molecule has 1 aromatic rings. The minimum absolute atomic E-state index is 0.00268. The van der Waals surface area contributed by atoms with Crippen molar-refractivity contribution in [3.63, 3.8) is 0 Å². The van der Waals surface area contributed by atoms with Gasteiger partial charge in [-0.15, -0.1) is 11.8 Å². The Kier molecular flexibility index (Phi) is 4.98. The Bertz CT molecular complexity index is 660. The molecule has 1 saturated carbocycles. The van der Waals surface area contributed by atoms with Crippen LogP contribution in [0.15, 0.2) is 4.79 Å². The highest BCUT2D eigenvalue weighted by Gasteiger charge is 2.47. The maximum atomic E-state index is 13.4. The smallest absolute Gasteiger partial charge is 0.310 e. The van der Waals surface area contributed by atoms with Crippen LogP contribution in [-0.4, -0.2) is 27.6 Å². The van der Waals surface area contributed by atoms with Gasteiger partial charge in [-0.2, -0.15) is 13.2 Å². The minimum atomic E-state index is -4.58. The summed E-state index contributed by atoms with van der Waals surface area (Å²) in [6, 6.07) is -0.0842. The van der Waals surface area contributed by atoms with Gasteiger partial charge in [0.15, 0.2) is 0 Å². The molecule has 1 amide bonds. The van der Waals surface area contributed by atoms with Crippen molar-refractivity contribution >= 4 is 23.5 Å². The third-order valence-electron chi connectivity index (χ3n) is 4.60. The summed E-state index contributed by atoms with van der Waals surface area (Å²) in [5.74, 6) is -0.822. The van der Waals surface area contributed by atoms with Crippen molar-refractivity contribution in [2.45, 2.75) is 62.4 Å². The number of nitrogens with one attached hydrogen (secondary N) is 2. The van der Waals surface area contributed by atoms with Gasteiger partial charge in [0.1, 0.15) is 11.1 Å². The lowest BCUT2D eigenvalue weighted by Crippen LogP contribution is -2.23. The van der Waals surface area contributed by atoms with Crippen LogP contribution in [0.25, 0.3) is 0 Å². The van der Waals surface area contributed by atoms with E-state index >= 15 is 0 Å². The number of hydrogen-bond donors (Lipinski definition) is 2. The van der Waals surface area contributed by atoms with Crippen LogP contribution in [0.5, 0.6) is 0 Å². The molecule has 1 aromatic heterocycles. The number of anilines is 1. The van der Waals surface area contributed by atoms with Gasteiger partial charge in [-0.1, -0.05) is 32.1 Å². The number of rotatable bonds is 1. The van der Waals surface area contributed by atoms with E-state index in [1.807, 2.05) is 0 Å². The van der Waals surface area contributed by atoms with Gasteiger partial charge in [0.25, 0.3) is 5.56 Å². The standard InChI is InChI=1S/C15H20F3N3O2S/c16-15(17,18)12-11-13(19-10(22)8-24-12)21(20-14(11)23)9-6-4-2-1-3-5-7-9/h9,12H,1-8H2,(H,19,22)(H,20,23)/t12-/m1/s1. The molecule has 0 unspecified atom stereocenters. The first-order valence-corrected chi connectivity index (χ1v) is 9.25. The van der Waals surface area contributed by atoms with Crippen LogP contribution in [0.1, 0.15) is 61.8 Å². The summed E-state index contributed by atoms with van der Waals surface area (Å²) >= 11 is 0.453. The van der Waals surface area contributed by atoms with Crippen LogP contribution in [-0.2, 0) is 4.79 Å². The highest BCUT2D eigenvalue weighted by atomic mass is 32.2. The average molecular weight is 363 g/mol. The van der Waals surface area contributed by atoms with Crippen molar-refractivity contribution < 1.29 is 18.0 Å². The van der Waals surface area contributed by atoms with Crippen molar-refractivity contribution in [3.8, 4) is 0 Å². The molecule has 0 bridgehead atoms. The van der Waals surface area contributed by atoms with E-state index in [0.717, 1.165) is 44.9 Å². The second-order valence-corrected chi connectivity index (χ2v) is 7.45. The molecule has 0 saturated heterocycles. The highest BCUT2D eigenvalue weighted by Crippen LogP contribution is 2.46. The fourth-order valence-electron chi connectivity index (χ4n) is 3.47. The fourth-order valence-corrected chi connectivity index (χ4v) is 4.43. The van der Waals surface area contributed by atoms with Gasteiger partial charge >= 0.3 is 6.18 Å². The second kappa shape index (κ2) is 6.85. The molecule has 3 rings (SSSR count). The number of thioether (sulfide) groups is 1. The fraction of sp³-hybridized carbons (Fsp3) is 0.733. The quantitative estimate of drug-likeness (QED) is 0.799. The van der Waals surface area contributed by atoms with Gasteiger partial charge < -0.3 is 5.32 Å². The Morgan fingerprint density at radius 3 is 2.29 bits per heavy atom. The summed E-state index contributed by atoms with van der Waals surface area (Å²) in [7, 11) is 0. The SMILES string of the molecule is O=C1CS[C@@H](C(F)(F)F)c2c(n(C3CCCCCCC3)[nH]c2=O)N1. The number of amides is 1. The van der Waals surface area contributed by atoms with Gasteiger partial charge in [0, 0.05) is 0 Å². The van der Waals surface area contributed by atoms with E-state index in [1.54, 1.807) is 0 Å². The number of alkyl halides is 3. The zero-order chi connectivity index (χ0) is 17.3. The molecule has 0 spiro atoms. The highest BCUT2D eigenvalue weighted by molar-refractivity contribution is 8.00. The van der Waals surface area contributed by atoms with Gasteiger partial charge in [-0.05, 0) is 12.8 Å². The first-order chi connectivity index (χ1) is 11.4. The third-order valence-corrected chi connectivity index (χ3v) is 5.87. The molecule has 134 valence electrons. The van der Waals surface area contributed by atoms with Gasteiger partial charge in [0.05, 0.1) is 17.4 Å². The third kappa shape index (κ3) is 3.50. The van der Waals surface area contributed by atoms with Crippen molar-refractivity contribution in [3.05, 3.63) is 15.9 Å². The van der Waals surface area contributed by atoms with Crippen molar-refractivity contribution in [2.75, 3.05) is 11.1 Å². The normalized spacial score (nSPS) is 23.8. The van der Waals surface area contributed by atoms with Gasteiger partial charge in [-0.25, -0.2) is 0 Å². The molecule has 0 radical (unpaired) electrons. The topological polar surface area (TPSA) is 66.9 Å². The molecule has 9 heteroatoms. The summed E-state index contributed by atoms with van der Waals surface area (Å²) in [6.07, 6.45) is 2.25. The summed E-state index contributed by atoms with van der Waals surface area (Å²) < 4.78 is 41.5. The molecule has 2 N–H and O–H groups in total. The molecule has 24 heavy (non-hydrogen) atoms. The summed E-state index contributed by atoms with van der Waals surface area (Å²) in [4.78, 5) is 24.1. The first-order valence-electron chi connectivity index (χ1n) is 8.20. The Balaban J connectivity index is 2.03. The lowest BCUT2D eigenvalue weighted by Gasteiger charge is -2.23. The van der Waals surface area contributed by atoms with E-state index in [9.17, 15) is 22.8 Å². The summed E-state index contributed by atoms with van der Waals surface area (Å²) in [5.41, 5.74) is -1.13. The largest absolute Gasteiger partial charge is 0.404 e. The van der Waals surface area contributed by atoms with Crippen LogP contribution < -0.4 is 10.9 Å². The first kappa shape index (κ1) is 17.4.